The van der Waals surface area contributed by atoms with E-state index in [0.717, 1.165) is 51.4 Å². The van der Waals surface area contributed by atoms with Gasteiger partial charge in [-0.3, -0.25) is 9.97 Å². The van der Waals surface area contributed by atoms with Crippen LogP contribution in [-0.2, 0) is 44.7 Å². The second-order valence-corrected chi connectivity index (χ2v) is 19.6. The Labute approximate surface area is 300 Å². The van der Waals surface area contributed by atoms with E-state index >= 15 is 0 Å². The minimum Gasteiger partial charge on any atom is -0.459 e. The number of hydrogen-bond acceptors (Lipinski definition) is 6. The highest BCUT2D eigenvalue weighted by Crippen LogP contribution is 2.68. The van der Waals surface area contributed by atoms with Gasteiger partial charge in [-0.05, 0) is 161 Å². The predicted octanol–water partition coefficient (Wildman–Crippen LogP) is 8.59. The van der Waals surface area contributed by atoms with Crippen molar-refractivity contribution in [3.63, 3.8) is 0 Å². The van der Waals surface area contributed by atoms with E-state index in [2.05, 4.69) is 40.9 Å². The summed E-state index contributed by atoms with van der Waals surface area (Å²) in [6.07, 6.45) is 21.4. The van der Waals surface area contributed by atoms with Gasteiger partial charge >= 0.3 is 11.9 Å². The number of fused-ring (bicyclic) bond motifs is 12. The molecule has 0 N–H and O–H groups in total. The normalized spacial score (nSPS) is 48.2. The first-order valence-electron chi connectivity index (χ1n) is 20.4. The molecule has 6 fully saturated rings. The fraction of sp³-hybridized carbons (Fsp3) is 0.773. The number of esters is 2. The lowest BCUT2D eigenvalue weighted by molar-refractivity contribution is -0.158. The Hall–Kier alpha value is -2.50. The summed E-state index contributed by atoms with van der Waals surface area (Å²) in [5.41, 5.74) is 5.99. The first-order chi connectivity index (χ1) is 23.9. The zero-order chi connectivity index (χ0) is 34.8. The van der Waals surface area contributed by atoms with E-state index in [0.29, 0.717) is 47.3 Å². The van der Waals surface area contributed by atoms with Crippen molar-refractivity contribution in [3.8, 4) is 0 Å². The maximum absolute atomic E-state index is 12.2. The molecule has 9 rings (SSSR count). The lowest BCUT2D eigenvalue weighted by Gasteiger charge is -2.60. The number of carbonyl (C=O) groups is 2. The Morgan fingerprint density at radius 1 is 0.560 bits per heavy atom. The fourth-order valence-corrected chi connectivity index (χ4v) is 15.3. The third kappa shape index (κ3) is 4.63. The average molecular weight is 681 g/mol. The van der Waals surface area contributed by atoms with Crippen molar-refractivity contribution in [1.29, 1.82) is 0 Å². The van der Waals surface area contributed by atoms with Crippen LogP contribution in [-0.4, -0.2) is 34.1 Å². The zero-order valence-electron chi connectivity index (χ0n) is 31.2. The van der Waals surface area contributed by atoms with E-state index in [4.69, 9.17) is 19.4 Å². The molecule has 0 saturated heterocycles. The van der Waals surface area contributed by atoms with Gasteiger partial charge in [0.1, 0.15) is 12.2 Å². The van der Waals surface area contributed by atoms with Gasteiger partial charge in [-0.1, -0.05) is 40.9 Å². The lowest BCUT2D eigenvalue weighted by Crippen LogP contribution is -2.56. The van der Waals surface area contributed by atoms with Gasteiger partial charge < -0.3 is 9.47 Å². The van der Waals surface area contributed by atoms with E-state index in [-0.39, 0.29) is 45.8 Å². The van der Waals surface area contributed by atoms with E-state index in [1.54, 1.807) is 0 Å². The van der Waals surface area contributed by atoms with Crippen LogP contribution in [0, 0.1) is 69.0 Å². The molecule has 1 aromatic heterocycles. The highest BCUT2D eigenvalue weighted by Gasteiger charge is 2.63. The summed E-state index contributed by atoms with van der Waals surface area (Å²) in [7, 11) is 0. The van der Waals surface area contributed by atoms with Gasteiger partial charge in [0.05, 0.1) is 22.8 Å². The third-order valence-corrected chi connectivity index (χ3v) is 18.0. The van der Waals surface area contributed by atoms with Crippen LogP contribution in [0.2, 0.25) is 0 Å². The molecule has 8 aliphatic rings. The molecule has 0 bridgehead atoms. The first kappa shape index (κ1) is 33.3. The van der Waals surface area contributed by atoms with Crippen LogP contribution in [0.15, 0.2) is 25.3 Å². The molecule has 1 heterocycles. The summed E-state index contributed by atoms with van der Waals surface area (Å²) in [6.45, 7) is 17.4. The number of nitrogens with zero attached hydrogens (tertiary/aromatic N) is 2. The maximum Gasteiger partial charge on any atom is 0.330 e. The Balaban J connectivity index is 0.945. The van der Waals surface area contributed by atoms with Gasteiger partial charge in [-0.2, -0.15) is 0 Å². The second kappa shape index (κ2) is 11.5. The largest absolute Gasteiger partial charge is 0.459 e. The van der Waals surface area contributed by atoms with Crippen LogP contribution in [0.4, 0.5) is 0 Å². The maximum atomic E-state index is 12.2. The molecular weight excluding hydrogens is 620 g/mol. The number of ether oxygens (including phenoxy) is 2. The van der Waals surface area contributed by atoms with E-state index in [9.17, 15) is 9.59 Å². The molecule has 0 amide bonds. The molecule has 1 aromatic rings. The number of rotatable bonds is 4. The molecular formula is C44H60N2O4. The Bertz CT molecular complexity index is 1500. The molecule has 0 spiro atoms. The van der Waals surface area contributed by atoms with Crippen LogP contribution >= 0.6 is 0 Å². The van der Waals surface area contributed by atoms with Gasteiger partial charge in [0.2, 0.25) is 0 Å². The second-order valence-electron chi connectivity index (χ2n) is 19.6. The molecule has 0 unspecified atom stereocenters. The Kier molecular flexibility index (Phi) is 7.67. The topological polar surface area (TPSA) is 78.4 Å². The van der Waals surface area contributed by atoms with Gasteiger partial charge in [0, 0.05) is 23.0 Å². The Morgan fingerprint density at radius 3 is 1.36 bits per heavy atom. The van der Waals surface area contributed by atoms with E-state index in [1.807, 2.05) is 0 Å². The smallest absolute Gasteiger partial charge is 0.330 e. The third-order valence-electron chi connectivity index (χ3n) is 18.0. The average Bonchev–Trinajstić information content (AvgIpc) is 3.60. The molecule has 6 nitrogen and oxygen atoms in total. The summed E-state index contributed by atoms with van der Waals surface area (Å²) in [5, 5.41) is 0. The summed E-state index contributed by atoms with van der Waals surface area (Å²) in [5.74, 6) is 4.97. The highest BCUT2D eigenvalue weighted by molar-refractivity contribution is 5.81. The van der Waals surface area contributed by atoms with Crippen molar-refractivity contribution < 1.29 is 19.1 Å². The molecule has 0 aromatic carbocycles. The molecule has 270 valence electrons. The summed E-state index contributed by atoms with van der Waals surface area (Å²) < 4.78 is 11.9. The highest BCUT2D eigenvalue weighted by atomic mass is 16.5. The van der Waals surface area contributed by atoms with Crippen LogP contribution in [0.3, 0.4) is 0 Å². The van der Waals surface area contributed by atoms with Crippen molar-refractivity contribution in [1.82, 2.24) is 9.97 Å². The quantitative estimate of drug-likeness (QED) is 0.234. The molecule has 0 radical (unpaired) electrons. The minimum absolute atomic E-state index is 0.0323. The van der Waals surface area contributed by atoms with E-state index in [1.165, 1.54) is 86.3 Å². The van der Waals surface area contributed by atoms with Crippen LogP contribution < -0.4 is 0 Å². The zero-order valence-corrected chi connectivity index (χ0v) is 31.2. The number of aromatic nitrogens is 2. The van der Waals surface area contributed by atoms with Crippen LogP contribution in [0.1, 0.15) is 128 Å². The monoisotopic (exact) mass is 680 g/mol. The molecule has 6 heteroatoms. The van der Waals surface area contributed by atoms with Gasteiger partial charge in [0.25, 0.3) is 0 Å². The molecule has 8 aliphatic carbocycles. The standard InChI is InChI=1S/C44H60N2O4/c1-7-39(47)49-37-15-13-29-27-11-9-25-21-33-35(23-43(25,5)31(27)17-19-41(29,37)3)45-34-22-26-10-12-28-30-14-16-38(50-40(48)8-2)42(30,4)20-18-32(28)44(26,6)24-36(34)46-33/h7-8,25-32,37-38H,1-2,9-24H2,3-6H3/t25-,26-,27-,28-,29-,30-,31-,32-,37-,38-,41-,42-,43-,44-/m0/s1. The van der Waals surface area contributed by atoms with Crippen LogP contribution in [0.5, 0.6) is 0 Å². The number of carbonyl (C=O) groups excluding carboxylic acids is 2. The Morgan fingerprint density at radius 2 is 0.960 bits per heavy atom. The van der Waals surface area contributed by atoms with Gasteiger partial charge in [-0.25, -0.2) is 9.59 Å². The molecule has 50 heavy (non-hydrogen) atoms. The van der Waals surface area contributed by atoms with Gasteiger partial charge in [-0.15, -0.1) is 0 Å². The lowest BCUT2D eigenvalue weighted by atomic mass is 9.45. The first-order valence-corrected chi connectivity index (χ1v) is 20.4. The summed E-state index contributed by atoms with van der Waals surface area (Å²) >= 11 is 0. The van der Waals surface area contributed by atoms with Crippen molar-refractivity contribution >= 4 is 11.9 Å². The van der Waals surface area contributed by atoms with Crippen molar-refractivity contribution in [2.45, 2.75) is 143 Å². The fourth-order valence-electron chi connectivity index (χ4n) is 15.3. The molecule has 0 aliphatic heterocycles. The molecule has 14 atom stereocenters. The molecule has 6 saturated carbocycles. The number of hydrogen-bond donors (Lipinski definition) is 0. The van der Waals surface area contributed by atoms with Crippen molar-refractivity contribution in [2.75, 3.05) is 0 Å². The van der Waals surface area contributed by atoms with E-state index < -0.39 is 0 Å². The van der Waals surface area contributed by atoms with Crippen molar-refractivity contribution in [3.05, 3.63) is 48.1 Å². The summed E-state index contributed by atoms with van der Waals surface area (Å²) in [4.78, 5) is 35.7. The van der Waals surface area contributed by atoms with Gasteiger partial charge in [0.15, 0.2) is 0 Å². The minimum atomic E-state index is -0.258. The summed E-state index contributed by atoms with van der Waals surface area (Å²) in [6, 6.07) is 0. The van der Waals surface area contributed by atoms with Crippen molar-refractivity contribution in [2.24, 2.45) is 69.0 Å². The SMILES string of the molecule is C=CC(=O)O[C@H]1CC[C@H]2[C@@H]3CC[C@H]4Cc5nc6c(nc5C[C@]4(C)[C@H]3CC[C@]12C)C[C@@H]1CC[C@@H]2[C@H](CC[C@]3(C)[C@@H](OC(=O)C=C)CC[C@@H]23)[C@@]1(C)C6. The predicted molar refractivity (Wildman–Crippen MR) is 193 cm³/mol. The van der Waals surface area contributed by atoms with Crippen LogP contribution in [0.25, 0.3) is 0 Å².